The van der Waals surface area contributed by atoms with Gasteiger partial charge in [0.15, 0.2) is 0 Å². The number of amides is 1. The largest absolute Gasteiger partial charge is 0.352 e. The average Bonchev–Trinajstić information content (AvgIpc) is 2.60. The van der Waals surface area contributed by atoms with E-state index in [9.17, 15) is 13.2 Å². The predicted molar refractivity (Wildman–Crippen MR) is 104 cm³/mol. The molecule has 0 bridgehead atoms. The number of nitrogens with one attached hydrogen (secondary N) is 1. The summed E-state index contributed by atoms with van der Waals surface area (Å²) in [5.74, 6) is 0.314. The van der Waals surface area contributed by atoms with E-state index in [0.717, 1.165) is 11.1 Å². The molecule has 5 nitrogen and oxygen atoms in total. The maximum Gasteiger partial charge on any atom is 0.244 e. The lowest BCUT2D eigenvalue weighted by atomic mass is 10.0. The standard InChI is InChI=1S/C20H24N2O3S/c1-15(2)18-8-3-16(4-9-18)7-12-20(23)22-14-13-17-5-10-19(11-6-17)26(21,24)25/h3-12,15H,13-14H2,1-2H3,(H,22,23)(H2,21,24,25)/b12-7+. The Hall–Kier alpha value is -2.44. The molecule has 0 aliphatic heterocycles. The Morgan fingerprint density at radius 3 is 2.23 bits per heavy atom. The minimum atomic E-state index is -3.67. The summed E-state index contributed by atoms with van der Waals surface area (Å²) in [4.78, 5) is 12.0. The Kier molecular flexibility index (Phi) is 6.71. The molecule has 26 heavy (non-hydrogen) atoms. The van der Waals surface area contributed by atoms with Gasteiger partial charge in [-0.15, -0.1) is 0 Å². The third-order valence-electron chi connectivity index (χ3n) is 4.00. The number of carbonyl (C=O) groups excluding carboxylic acids is 1. The van der Waals surface area contributed by atoms with Gasteiger partial charge < -0.3 is 5.32 Å². The van der Waals surface area contributed by atoms with Crippen molar-refractivity contribution in [2.75, 3.05) is 6.54 Å². The van der Waals surface area contributed by atoms with Gasteiger partial charge in [0.1, 0.15) is 0 Å². The summed E-state index contributed by atoms with van der Waals surface area (Å²) in [5, 5.41) is 7.87. The van der Waals surface area contributed by atoms with Gasteiger partial charge in [-0.3, -0.25) is 4.79 Å². The molecule has 2 aromatic rings. The maximum absolute atomic E-state index is 11.9. The predicted octanol–water partition coefficient (Wildman–Crippen LogP) is 2.83. The van der Waals surface area contributed by atoms with Gasteiger partial charge in [-0.25, -0.2) is 13.6 Å². The van der Waals surface area contributed by atoms with Crippen molar-refractivity contribution in [1.82, 2.24) is 5.32 Å². The van der Waals surface area contributed by atoms with Gasteiger partial charge in [-0.1, -0.05) is 50.2 Å². The van der Waals surface area contributed by atoms with Crippen LogP contribution in [0.3, 0.4) is 0 Å². The van der Waals surface area contributed by atoms with E-state index in [1.807, 2.05) is 12.1 Å². The number of benzene rings is 2. The normalized spacial score (nSPS) is 11.8. The number of sulfonamides is 1. The second-order valence-corrected chi connectivity index (χ2v) is 7.95. The van der Waals surface area contributed by atoms with Crippen molar-refractivity contribution in [2.24, 2.45) is 5.14 Å². The minimum absolute atomic E-state index is 0.0803. The number of nitrogens with two attached hydrogens (primary N) is 1. The van der Waals surface area contributed by atoms with E-state index in [-0.39, 0.29) is 10.8 Å². The van der Waals surface area contributed by atoms with Gasteiger partial charge in [0.05, 0.1) is 4.90 Å². The Balaban J connectivity index is 1.81. The van der Waals surface area contributed by atoms with Crippen molar-refractivity contribution < 1.29 is 13.2 Å². The van der Waals surface area contributed by atoms with E-state index in [1.165, 1.54) is 23.8 Å². The highest BCUT2D eigenvalue weighted by molar-refractivity contribution is 7.89. The van der Waals surface area contributed by atoms with E-state index in [4.69, 9.17) is 5.14 Å². The van der Waals surface area contributed by atoms with Crippen molar-refractivity contribution in [2.45, 2.75) is 31.1 Å². The summed E-state index contributed by atoms with van der Waals surface area (Å²) >= 11 is 0. The molecule has 0 aromatic heterocycles. The molecule has 0 atom stereocenters. The van der Waals surface area contributed by atoms with E-state index in [2.05, 4.69) is 31.3 Å². The summed E-state index contributed by atoms with van der Waals surface area (Å²) in [7, 11) is -3.67. The van der Waals surface area contributed by atoms with E-state index in [1.54, 1.807) is 18.2 Å². The quantitative estimate of drug-likeness (QED) is 0.733. The van der Waals surface area contributed by atoms with Crippen LogP contribution < -0.4 is 10.5 Å². The molecule has 0 fully saturated rings. The van der Waals surface area contributed by atoms with Crippen LogP contribution in [0.15, 0.2) is 59.5 Å². The molecule has 3 N–H and O–H groups in total. The SMILES string of the molecule is CC(C)c1ccc(/C=C/C(=O)NCCc2ccc(S(N)(=O)=O)cc2)cc1. The molecule has 0 unspecified atom stereocenters. The zero-order chi connectivity index (χ0) is 19.2. The first-order valence-electron chi connectivity index (χ1n) is 8.43. The molecule has 2 rings (SSSR count). The summed E-state index contributed by atoms with van der Waals surface area (Å²) in [6.07, 6.45) is 3.89. The minimum Gasteiger partial charge on any atom is -0.352 e. The fourth-order valence-corrected chi connectivity index (χ4v) is 2.91. The van der Waals surface area contributed by atoms with Gasteiger partial charge in [0.25, 0.3) is 0 Å². The molecule has 0 radical (unpaired) electrons. The summed E-state index contributed by atoms with van der Waals surface area (Å²) in [6.45, 7) is 4.74. The third-order valence-corrected chi connectivity index (χ3v) is 4.92. The third kappa shape index (κ3) is 6.13. The molecular weight excluding hydrogens is 348 g/mol. The van der Waals surface area contributed by atoms with E-state index >= 15 is 0 Å². The van der Waals surface area contributed by atoms with Crippen molar-refractivity contribution in [1.29, 1.82) is 0 Å². The molecule has 0 aliphatic carbocycles. The first-order chi connectivity index (χ1) is 12.3. The van der Waals surface area contributed by atoms with Gasteiger partial charge in [0, 0.05) is 12.6 Å². The Labute approximate surface area is 155 Å². The van der Waals surface area contributed by atoms with Gasteiger partial charge in [-0.2, -0.15) is 0 Å². The second-order valence-electron chi connectivity index (χ2n) is 6.38. The zero-order valence-electron chi connectivity index (χ0n) is 15.0. The molecule has 0 aliphatic rings. The summed E-state index contributed by atoms with van der Waals surface area (Å²) in [5.41, 5.74) is 3.16. The molecule has 6 heteroatoms. The molecule has 0 spiro atoms. The summed E-state index contributed by atoms with van der Waals surface area (Å²) < 4.78 is 22.4. The van der Waals surface area contributed by atoms with Crippen LogP contribution >= 0.6 is 0 Å². The zero-order valence-corrected chi connectivity index (χ0v) is 15.8. The van der Waals surface area contributed by atoms with Gasteiger partial charge in [0.2, 0.25) is 15.9 Å². The number of hydrogen-bond donors (Lipinski definition) is 2. The maximum atomic E-state index is 11.9. The van der Waals surface area contributed by atoms with E-state index in [0.29, 0.717) is 18.9 Å². The van der Waals surface area contributed by atoms with Crippen molar-refractivity contribution in [3.63, 3.8) is 0 Å². The molecule has 0 saturated carbocycles. The van der Waals surface area contributed by atoms with Crippen LogP contribution in [0.25, 0.3) is 6.08 Å². The first kappa shape index (κ1) is 19.9. The average molecular weight is 372 g/mol. The first-order valence-corrected chi connectivity index (χ1v) is 9.98. The smallest absolute Gasteiger partial charge is 0.244 e. The molecule has 0 saturated heterocycles. The van der Waals surface area contributed by atoms with Crippen LogP contribution in [0.1, 0.15) is 36.5 Å². The van der Waals surface area contributed by atoms with Crippen LogP contribution in [-0.2, 0) is 21.2 Å². The van der Waals surface area contributed by atoms with Crippen molar-refractivity contribution in [3.05, 3.63) is 71.3 Å². The lowest BCUT2D eigenvalue weighted by Crippen LogP contribution is -2.23. The number of carbonyl (C=O) groups is 1. The molecule has 2 aromatic carbocycles. The van der Waals surface area contributed by atoms with Crippen molar-refractivity contribution >= 4 is 22.0 Å². The Morgan fingerprint density at radius 2 is 1.69 bits per heavy atom. The second kappa shape index (κ2) is 8.78. The highest BCUT2D eigenvalue weighted by atomic mass is 32.2. The molecule has 0 heterocycles. The lowest BCUT2D eigenvalue weighted by molar-refractivity contribution is -0.116. The van der Waals surface area contributed by atoms with Crippen LogP contribution in [0.4, 0.5) is 0 Å². The van der Waals surface area contributed by atoms with Crippen LogP contribution in [0.2, 0.25) is 0 Å². The highest BCUT2D eigenvalue weighted by Gasteiger charge is 2.06. The molecular formula is C20H24N2O3S. The van der Waals surface area contributed by atoms with Crippen LogP contribution in [0.5, 0.6) is 0 Å². The van der Waals surface area contributed by atoms with Crippen LogP contribution in [0, 0.1) is 0 Å². The number of primary sulfonamides is 1. The van der Waals surface area contributed by atoms with Gasteiger partial charge >= 0.3 is 0 Å². The monoisotopic (exact) mass is 372 g/mol. The summed E-state index contributed by atoms with van der Waals surface area (Å²) in [6, 6.07) is 14.4. The topological polar surface area (TPSA) is 89.3 Å². The van der Waals surface area contributed by atoms with Gasteiger partial charge in [-0.05, 0) is 47.2 Å². The Bertz CT molecular complexity index is 868. The fourth-order valence-electron chi connectivity index (χ4n) is 2.40. The number of rotatable bonds is 7. The van der Waals surface area contributed by atoms with Crippen molar-refractivity contribution in [3.8, 4) is 0 Å². The molecule has 1 amide bonds. The fraction of sp³-hybridized carbons (Fsp3) is 0.250. The Morgan fingerprint density at radius 1 is 1.08 bits per heavy atom. The number of hydrogen-bond acceptors (Lipinski definition) is 3. The lowest BCUT2D eigenvalue weighted by Gasteiger charge is -2.05. The van der Waals surface area contributed by atoms with E-state index < -0.39 is 10.0 Å². The molecule has 138 valence electrons. The highest BCUT2D eigenvalue weighted by Crippen LogP contribution is 2.15. The van der Waals surface area contributed by atoms with Crippen LogP contribution in [-0.4, -0.2) is 20.9 Å².